The molecular weight excluding hydrogens is 290 g/mol. The van der Waals surface area contributed by atoms with Gasteiger partial charge in [0.25, 0.3) is 0 Å². The first-order chi connectivity index (χ1) is 11.3. The van der Waals surface area contributed by atoms with Crippen molar-refractivity contribution in [2.45, 2.75) is 24.9 Å². The minimum atomic E-state index is 0.605. The number of hydrogen-bond acceptors (Lipinski definition) is 5. The number of hydrogen-bond donors (Lipinski definition) is 2. The molecule has 23 heavy (non-hydrogen) atoms. The summed E-state index contributed by atoms with van der Waals surface area (Å²) < 4.78 is 1.78. The van der Waals surface area contributed by atoms with Crippen LogP contribution in [0.1, 0.15) is 12.8 Å². The highest BCUT2D eigenvalue weighted by atomic mass is 15.3. The molecule has 3 aromatic rings. The van der Waals surface area contributed by atoms with Crippen LogP contribution in [0.15, 0.2) is 24.7 Å². The van der Waals surface area contributed by atoms with Gasteiger partial charge in [0.05, 0.1) is 17.4 Å². The number of aryl methyl sites for hydroxylation is 1. The molecule has 2 bridgehead atoms. The number of rotatable bonds is 2. The quantitative estimate of drug-likeness (QED) is 0.746. The fourth-order valence-electron chi connectivity index (χ4n) is 3.83. The zero-order valence-electron chi connectivity index (χ0n) is 13.0. The Morgan fingerprint density at radius 2 is 2.04 bits per heavy atom. The zero-order chi connectivity index (χ0) is 15.4. The van der Waals surface area contributed by atoms with Crippen molar-refractivity contribution in [3.05, 3.63) is 24.7 Å². The van der Waals surface area contributed by atoms with Crippen LogP contribution in [-0.2, 0) is 7.05 Å². The van der Waals surface area contributed by atoms with Gasteiger partial charge in [0.15, 0.2) is 5.65 Å². The highest BCUT2D eigenvalue weighted by Gasteiger charge is 2.33. The van der Waals surface area contributed by atoms with Crippen LogP contribution in [0, 0.1) is 0 Å². The number of aromatic nitrogens is 5. The Balaban J connectivity index is 1.58. The van der Waals surface area contributed by atoms with Crippen LogP contribution >= 0.6 is 0 Å². The number of fused-ring (bicyclic) bond motifs is 3. The summed E-state index contributed by atoms with van der Waals surface area (Å²) in [5, 5.41) is 7.90. The number of nitrogens with one attached hydrogen (secondary N) is 2. The van der Waals surface area contributed by atoms with E-state index in [1.807, 2.05) is 25.6 Å². The van der Waals surface area contributed by atoms with E-state index in [-0.39, 0.29) is 0 Å². The fraction of sp³-hybridized carbons (Fsp3) is 0.438. The molecule has 2 N–H and O–H groups in total. The van der Waals surface area contributed by atoms with Crippen molar-refractivity contribution in [3.8, 4) is 11.4 Å². The predicted octanol–water partition coefficient (Wildman–Crippen LogP) is 1.30. The van der Waals surface area contributed by atoms with Crippen LogP contribution in [-0.4, -0.2) is 49.9 Å². The molecule has 3 aromatic heterocycles. The number of H-pyrrole nitrogens is 1. The van der Waals surface area contributed by atoms with Crippen LogP contribution < -0.4 is 10.2 Å². The Labute approximate surface area is 133 Å². The molecule has 2 saturated heterocycles. The lowest BCUT2D eigenvalue weighted by atomic mass is 10.2. The highest BCUT2D eigenvalue weighted by molar-refractivity contribution is 5.88. The third-order valence-corrected chi connectivity index (χ3v) is 4.90. The molecule has 5 heterocycles. The third-order valence-electron chi connectivity index (χ3n) is 4.90. The van der Waals surface area contributed by atoms with Crippen molar-refractivity contribution >= 4 is 16.9 Å². The van der Waals surface area contributed by atoms with E-state index in [4.69, 9.17) is 4.98 Å². The zero-order valence-corrected chi connectivity index (χ0v) is 13.0. The SMILES string of the molecule is Cn1cc(-c2nc3c(N4CC5CCC(C4)N5)ccnc3[nH]2)cn1. The Hall–Kier alpha value is -2.41. The molecular formula is C16H19N7. The molecule has 0 aromatic carbocycles. The van der Waals surface area contributed by atoms with Gasteiger partial charge in [-0.15, -0.1) is 0 Å². The molecule has 0 radical (unpaired) electrons. The minimum Gasteiger partial charge on any atom is -0.367 e. The van der Waals surface area contributed by atoms with Crippen molar-refractivity contribution in [1.82, 2.24) is 30.0 Å². The summed E-state index contributed by atoms with van der Waals surface area (Å²) in [6, 6.07) is 3.29. The summed E-state index contributed by atoms with van der Waals surface area (Å²) >= 11 is 0. The summed E-state index contributed by atoms with van der Waals surface area (Å²) in [5.74, 6) is 0.825. The summed E-state index contributed by atoms with van der Waals surface area (Å²) in [5.41, 5.74) is 3.96. The van der Waals surface area contributed by atoms with E-state index in [9.17, 15) is 0 Å². The van der Waals surface area contributed by atoms with E-state index in [0.29, 0.717) is 12.1 Å². The second-order valence-electron chi connectivity index (χ2n) is 6.56. The summed E-state index contributed by atoms with van der Waals surface area (Å²) in [6.07, 6.45) is 8.20. The van der Waals surface area contributed by atoms with Gasteiger partial charge in [0.1, 0.15) is 11.3 Å². The van der Waals surface area contributed by atoms with Gasteiger partial charge in [-0.05, 0) is 18.9 Å². The van der Waals surface area contributed by atoms with Gasteiger partial charge in [0.2, 0.25) is 0 Å². The molecule has 0 amide bonds. The van der Waals surface area contributed by atoms with Gasteiger partial charge >= 0.3 is 0 Å². The maximum atomic E-state index is 4.81. The van der Waals surface area contributed by atoms with Crippen LogP contribution in [0.3, 0.4) is 0 Å². The van der Waals surface area contributed by atoms with Crippen LogP contribution in [0.2, 0.25) is 0 Å². The molecule has 2 fully saturated rings. The predicted molar refractivity (Wildman–Crippen MR) is 88.2 cm³/mol. The number of pyridine rings is 1. The number of piperazine rings is 1. The number of imidazole rings is 1. The Morgan fingerprint density at radius 1 is 1.22 bits per heavy atom. The Bertz CT molecular complexity index is 852. The first-order valence-corrected chi connectivity index (χ1v) is 8.11. The lowest BCUT2D eigenvalue weighted by Crippen LogP contribution is -2.51. The topological polar surface area (TPSA) is 74.7 Å². The van der Waals surface area contributed by atoms with Crippen LogP contribution in [0.5, 0.6) is 0 Å². The van der Waals surface area contributed by atoms with E-state index >= 15 is 0 Å². The lowest BCUT2D eigenvalue weighted by molar-refractivity contribution is 0.466. The number of aromatic amines is 1. The minimum absolute atomic E-state index is 0.605. The van der Waals surface area contributed by atoms with Crippen molar-refractivity contribution in [3.63, 3.8) is 0 Å². The van der Waals surface area contributed by atoms with Gasteiger partial charge in [-0.3, -0.25) is 4.68 Å². The monoisotopic (exact) mass is 309 g/mol. The van der Waals surface area contributed by atoms with E-state index in [0.717, 1.165) is 35.6 Å². The van der Waals surface area contributed by atoms with Crippen molar-refractivity contribution in [1.29, 1.82) is 0 Å². The summed E-state index contributed by atoms with van der Waals surface area (Å²) in [6.45, 7) is 2.09. The fourth-order valence-corrected chi connectivity index (χ4v) is 3.83. The van der Waals surface area contributed by atoms with E-state index in [1.165, 1.54) is 18.5 Å². The number of nitrogens with zero attached hydrogens (tertiary/aromatic N) is 5. The van der Waals surface area contributed by atoms with E-state index < -0.39 is 0 Å². The van der Waals surface area contributed by atoms with Crippen LogP contribution in [0.4, 0.5) is 5.69 Å². The molecule has 118 valence electrons. The maximum absolute atomic E-state index is 4.81. The van der Waals surface area contributed by atoms with Crippen molar-refractivity contribution < 1.29 is 0 Å². The highest BCUT2D eigenvalue weighted by Crippen LogP contribution is 2.30. The first kappa shape index (κ1) is 13.1. The average Bonchev–Trinajstić information content (AvgIpc) is 3.25. The smallest absolute Gasteiger partial charge is 0.159 e. The molecule has 0 aliphatic carbocycles. The molecule has 2 aliphatic rings. The molecule has 5 rings (SSSR count). The Morgan fingerprint density at radius 3 is 2.78 bits per heavy atom. The standard InChI is InChI=1S/C16H19N7/c1-22-7-10(6-18-22)15-20-14-13(4-5-17-16(14)21-15)23-8-11-2-3-12(9-23)19-11/h4-7,11-12,19H,2-3,8-9H2,1H3,(H,17,20,21). The average molecular weight is 309 g/mol. The maximum Gasteiger partial charge on any atom is 0.159 e. The molecule has 0 saturated carbocycles. The lowest BCUT2D eigenvalue weighted by Gasteiger charge is -2.34. The summed E-state index contributed by atoms with van der Waals surface area (Å²) in [7, 11) is 1.91. The first-order valence-electron chi connectivity index (χ1n) is 8.11. The van der Waals surface area contributed by atoms with Gasteiger partial charge in [-0.25, -0.2) is 9.97 Å². The molecule has 7 heteroatoms. The van der Waals surface area contributed by atoms with Crippen molar-refractivity contribution in [2.75, 3.05) is 18.0 Å². The van der Waals surface area contributed by atoms with Gasteiger partial charge in [0, 0.05) is 44.6 Å². The van der Waals surface area contributed by atoms with Crippen LogP contribution in [0.25, 0.3) is 22.6 Å². The van der Waals surface area contributed by atoms with E-state index in [1.54, 1.807) is 4.68 Å². The second kappa shape index (κ2) is 4.79. The Kier molecular flexibility index (Phi) is 2.72. The summed E-state index contributed by atoms with van der Waals surface area (Å²) in [4.78, 5) is 15.0. The third kappa shape index (κ3) is 2.11. The molecule has 2 unspecified atom stereocenters. The van der Waals surface area contributed by atoms with Gasteiger partial charge < -0.3 is 15.2 Å². The molecule has 0 spiro atoms. The molecule has 2 aliphatic heterocycles. The van der Waals surface area contributed by atoms with Gasteiger partial charge in [-0.2, -0.15) is 5.10 Å². The normalized spacial score (nSPS) is 23.8. The van der Waals surface area contributed by atoms with E-state index in [2.05, 4.69) is 31.3 Å². The molecule has 2 atom stereocenters. The number of anilines is 1. The van der Waals surface area contributed by atoms with Crippen molar-refractivity contribution in [2.24, 2.45) is 7.05 Å². The molecule has 7 nitrogen and oxygen atoms in total. The second-order valence-corrected chi connectivity index (χ2v) is 6.56. The largest absolute Gasteiger partial charge is 0.367 e. The van der Waals surface area contributed by atoms with Gasteiger partial charge in [-0.1, -0.05) is 0 Å².